The van der Waals surface area contributed by atoms with Crippen molar-refractivity contribution in [3.63, 3.8) is 0 Å². The molecule has 0 aromatic heterocycles. The molecule has 1 rings (SSSR count). The van der Waals surface area contributed by atoms with Crippen molar-refractivity contribution in [1.82, 2.24) is 10.2 Å². The minimum atomic E-state index is -0.928. The summed E-state index contributed by atoms with van der Waals surface area (Å²) in [7, 11) is 0. The van der Waals surface area contributed by atoms with Gasteiger partial charge >= 0.3 is 5.97 Å². The average Bonchev–Trinajstić information content (AvgIpc) is 2.19. The van der Waals surface area contributed by atoms with Crippen LogP contribution in [-0.4, -0.2) is 47.1 Å². The third-order valence-corrected chi connectivity index (χ3v) is 3.23. The first kappa shape index (κ1) is 13.0. The lowest BCUT2D eigenvalue weighted by atomic mass is 9.99. The molecule has 0 radical (unpaired) electrons. The Morgan fingerprint density at radius 2 is 2.19 bits per heavy atom. The summed E-state index contributed by atoms with van der Waals surface area (Å²) in [5.74, 6) is -0.689. The lowest BCUT2D eigenvalue weighted by Gasteiger charge is -2.40. The molecule has 1 amide bonds. The van der Waals surface area contributed by atoms with Gasteiger partial charge in [0.25, 0.3) is 0 Å². The van der Waals surface area contributed by atoms with Gasteiger partial charge in [-0.2, -0.15) is 0 Å². The largest absolute Gasteiger partial charge is 0.481 e. The molecular weight excluding hydrogens is 208 g/mol. The van der Waals surface area contributed by atoms with Gasteiger partial charge < -0.3 is 10.4 Å². The molecule has 0 saturated carbocycles. The van der Waals surface area contributed by atoms with Crippen LogP contribution in [0, 0.1) is 5.92 Å². The molecular formula is C11H20N2O3. The molecule has 16 heavy (non-hydrogen) atoms. The second kappa shape index (κ2) is 5.30. The molecule has 1 aliphatic heterocycles. The Kier molecular flexibility index (Phi) is 4.29. The van der Waals surface area contributed by atoms with E-state index in [1.165, 1.54) is 0 Å². The molecule has 1 fully saturated rings. The fourth-order valence-electron chi connectivity index (χ4n) is 1.98. The minimum Gasteiger partial charge on any atom is -0.481 e. The zero-order valence-corrected chi connectivity index (χ0v) is 10.1. The summed E-state index contributed by atoms with van der Waals surface area (Å²) >= 11 is 0. The van der Waals surface area contributed by atoms with E-state index in [0.29, 0.717) is 12.5 Å². The molecule has 1 saturated heterocycles. The summed E-state index contributed by atoms with van der Waals surface area (Å²) < 4.78 is 0. The van der Waals surface area contributed by atoms with Crippen LogP contribution in [0.2, 0.25) is 0 Å². The van der Waals surface area contributed by atoms with Gasteiger partial charge in [-0.3, -0.25) is 14.5 Å². The van der Waals surface area contributed by atoms with Crippen LogP contribution in [0.3, 0.4) is 0 Å². The number of amides is 1. The summed E-state index contributed by atoms with van der Waals surface area (Å²) in [4.78, 5) is 24.4. The van der Waals surface area contributed by atoms with Crippen LogP contribution in [0.25, 0.3) is 0 Å². The molecule has 5 heteroatoms. The van der Waals surface area contributed by atoms with Crippen LogP contribution in [-0.2, 0) is 9.59 Å². The highest BCUT2D eigenvalue weighted by Crippen LogP contribution is 2.17. The van der Waals surface area contributed by atoms with Crippen molar-refractivity contribution in [2.75, 3.05) is 13.1 Å². The lowest BCUT2D eigenvalue weighted by Crippen LogP contribution is -2.59. The second-order valence-electron chi connectivity index (χ2n) is 4.63. The number of nitrogens with zero attached hydrogens (tertiary/aromatic N) is 1. The number of nitrogens with one attached hydrogen (secondary N) is 1. The van der Waals surface area contributed by atoms with Gasteiger partial charge in [-0.25, -0.2) is 0 Å². The molecule has 5 nitrogen and oxygen atoms in total. The SMILES string of the molecule is CC(C)C(C)N1CCNC(=O)C1CC(=O)O. The van der Waals surface area contributed by atoms with E-state index >= 15 is 0 Å². The van der Waals surface area contributed by atoms with E-state index in [0.717, 1.165) is 6.54 Å². The highest BCUT2D eigenvalue weighted by Gasteiger charge is 2.34. The van der Waals surface area contributed by atoms with Gasteiger partial charge in [0.1, 0.15) is 0 Å². The monoisotopic (exact) mass is 228 g/mol. The molecule has 2 atom stereocenters. The summed E-state index contributed by atoms with van der Waals surface area (Å²) in [6.07, 6.45) is -0.122. The van der Waals surface area contributed by atoms with Crippen molar-refractivity contribution < 1.29 is 14.7 Å². The van der Waals surface area contributed by atoms with E-state index in [1.54, 1.807) is 0 Å². The normalized spacial score (nSPS) is 24.2. The predicted molar refractivity (Wildman–Crippen MR) is 60.1 cm³/mol. The maximum absolute atomic E-state index is 11.7. The highest BCUT2D eigenvalue weighted by atomic mass is 16.4. The predicted octanol–water partition coefficient (Wildman–Crippen LogP) is 0.306. The molecule has 2 unspecified atom stereocenters. The Labute approximate surface area is 95.8 Å². The molecule has 0 aromatic carbocycles. The average molecular weight is 228 g/mol. The van der Waals surface area contributed by atoms with E-state index in [4.69, 9.17) is 5.11 Å². The standard InChI is InChI=1S/C11H20N2O3/c1-7(2)8(3)13-5-4-12-11(16)9(13)6-10(14)15/h7-9H,4-6H2,1-3H3,(H,12,16)(H,14,15). The number of carboxylic acid groups (broad SMARTS) is 1. The van der Waals surface area contributed by atoms with Crippen molar-refractivity contribution in [3.8, 4) is 0 Å². The molecule has 0 aromatic rings. The number of hydrogen-bond acceptors (Lipinski definition) is 3. The number of hydrogen-bond donors (Lipinski definition) is 2. The molecule has 0 bridgehead atoms. The Morgan fingerprint density at radius 1 is 1.56 bits per heavy atom. The summed E-state index contributed by atoms with van der Waals surface area (Å²) in [5, 5.41) is 11.5. The Balaban J connectivity index is 2.77. The Hall–Kier alpha value is -1.10. The quantitative estimate of drug-likeness (QED) is 0.726. The van der Waals surface area contributed by atoms with Crippen molar-refractivity contribution in [2.24, 2.45) is 5.92 Å². The fourth-order valence-corrected chi connectivity index (χ4v) is 1.98. The number of aliphatic carboxylic acids is 1. The molecule has 92 valence electrons. The first-order chi connectivity index (χ1) is 7.43. The maximum atomic E-state index is 11.7. The summed E-state index contributed by atoms with van der Waals surface area (Å²) in [6.45, 7) is 7.52. The Morgan fingerprint density at radius 3 is 2.69 bits per heavy atom. The van der Waals surface area contributed by atoms with Gasteiger partial charge in [0, 0.05) is 19.1 Å². The van der Waals surface area contributed by atoms with Crippen molar-refractivity contribution in [3.05, 3.63) is 0 Å². The van der Waals surface area contributed by atoms with E-state index in [2.05, 4.69) is 19.2 Å². The maximum Gasteiger partial charge on any atom is 0.305 e. The van der Waals surface area contributed by atoms with Crippen LogP contribution >= 0.6 is 0 Å². The van der Waals surface area contributed by atoms with E-state index in [9.17, 15) is 9.59 Å². The van der Waals surface area contributed by atoms with E-state index in [1.807, 2.05) is 11.8 Å². The zero-order chi connectivity index (χ0) is 12.3. The van der Waals surface area contributed by atoms with Gasteiger partial charge in [0.2, 0.25) is 5.91 Å². The number of carbonyl (C=O) groups is 2. The molecule has 0 spiro atoms. The molecule has 1 heterocycles. The number of carbonyl (C=O) groups excluding carboxylic acids is 1. The van der Waals surface area contributed by atoms with Gasteiger partial charge in [-0.1, -0.05) is 13.8 Å². The minimum absolute atomic E-state index is 0.122. The van der Waals surface area contributed by atoms with Gasteiger partial charge in [0.15, 0.2) is 0 Å². The number of carboxylic acids is 1. The summed E-state index contributed by atoms with van der Waals surface area (Å²) in [5.41, 5.74) is 0. The fraction of sp³-hybridized carbons (Fsp3) is 0.818. The zero-order valence-electron chi connectivity index (χ0n) is 10.1. The molecule has 0 aliphatic carbocycles. The number of rotatable bonds is 4. The van der Waals surface area contributed by atoms with Crippen LogP contribution in [0.5, 0.6) is 0 Å². The topological polar surface area (TPSA) is 69.6 Å². The van der Waals surface area contributed by atoms with Gasteiger partial charge in [0.05, 0.1) is 12.5 Å². The first-order valence-electron chi connectivity index (χ1n) is 5.68. The third-order valence-electron chi connectivity index (χ3n) is 3.23. The van der Waals surface area contributed by atoms with Crippen LogP contribution < -0.4 is 5.32 Å². The van der Waals surface area contributed by atoms with E-state index < -0.39 is 12.0 Å². The van der Waals surface area contributed by atoms with Crippen molar-refractivity contribution in [1.29, 1.82) is 0 Å². The molecule has 1 aliphatic rings. The first-order valence-corrected chi connectivity index (χ1v) is 5.68. The van der Waals surface area contributed by atoms with Crippen LogP contribution in [0.4, 0.5) is 0 Å². The number of piperazine rings is 1. The van der Waals surface area contributed by atoms with Gasteiger partial charge in [-0.05, 0) is 12.8 Å². The van der Waals surface area contributed by atoms with Crippen LogP contribution in [0.15, 0.2) is 0 Å². The smallest absolute Gasteiger partial charge is 0.305 e. The molecule has 2 N–H and O–H groups in total. The highest BCUT2D eigenvalue weighted by molar-refractivity contribution is 5.86. The van der Waals surface area contributed by atoms with Crippen molar-refractivity contribution in [2.45, 2.75) is 39.3 Å². The lowest BCUT2D eigenvalue weighted by molar-refractivity contribution is -0.144. The third kappa shape index (κ3) is 2.95. The van der Waals surface area contributed by atoms with Crippen LogP contribution in [0.1, 0.15) is 27.2 Å². The van der Waals surface area contributed by atoms with Gasteiger partial charge in [-0.15, -0.1) is 0 Å². The van der Waals surface area contributed by atoms with Crippen molar-refractivity contribution >= 4 is 11.9 Å². The Bertz CT molecular complexity index is 278. The summed E-state index contributed by atoms with van der Waals surface area (Å²) in [6, 6.07) is -0.306. The second-order valence-corrected chi connectivity index (χ2v) is 4.63. The van der Waals surface area contributed by atoms with E-state index in [-0.39, 0.29) is 18.4 Å².